The third-order valence-electron chi connectivity index (χ3n) is 3.41. The van der Waals surface area contributed by atoms with E-state index in [9.17, 15) is 22.4 Å². The first-order valence-electron chi connectivity index (χ1n) is 7.65. The highest BCUT2D eigenvalue weighted by Gasteiger charge is 2.41. The smallest absolute Gasteiger partial charge is 0.340 e. The van der Waals surface area contributed by atoms with Gasteiger partial charge in [-0.05, 0) is 30.2 Å². The molecule has 0 saturated carbocycles. The van der Waals surface area contributed by atoms with E-state index < -0.39 is 24.9 Å². The molecule has 0 atom stereocenters. The Morgan fingerprint density at radius 3 is 2.41 bits per heavy atom. The van der Waals surface area contributed by atoms with Crippen LogP contribution >= 0.6 is 12.4 Å². The average molecular weight is 408 g/mol. The average Bonchev–Trinajstić information content (AvgIpc) is 2.62. The zero-order chi connectivity index (χ0) is 19.2. The summed E-state index contributed by atoms with van der Waals surface area (Å²) < 4.78 is 54.1. The molecule has 0 bridgehead atoms. The predicted molar refractivity (Wildman–Crippen MR) is 94.8 cm³/mol. The Hall–Kier alpha value is -2.55. The standard InChI is InChI=1S/C17H17F4N3O2.ClH/c18-16(19)17(20,21)10-26-14-6-3-12(9-24-14)15(25)23-8-7-11-1-4-13(22)5-2-11;/h1-6,9,16H,7-8,10,22H2,(H,23,25);1H. The summed E-state index contributed by atoms with van der Waals surface area (Å²) in [5, 5.41) is 2.68. The Kier molecular flexibility index (Phi) is 8.30. The van der Waals surface area contributed by atoms with Crippen molar-refractivity contribution in [1.29, 1.82) is 0 Å². The maximum atomic E-state index is 12.8. The fourth-order valence-electron chi connectivity index (χ4n) is 1.94. The summed E-state index contributed by atoms with van der Waals surface area (Å²) in [6.45, 7) is -1.12. The Bertz CT molecular complexity index is 728. The van der Waals surface area contributed by atoms with Gasteiger partial charge < -0.3 is 15.8 Å². The van der Waals surface area contributed by atoms with E-state index in [1.807, 2.05) is 12.1 Å². The van der Waals surface area contributed by atoms with Crippen LogP contribution < -0.4 is 15.8 Å². The lowest BCUT2D eigenvalue weighted by molar-refractivity contribution is -0.148. The minimum absolute atomic E-state index is 0. The molecule has 0 radical (unpaired) electrons. The lowest BCUT2D eigenvalue weighted by atomic mass is 10.1. The van der Waals surface area contributed by atoms with Gasteiger partial charge in [-0.25, -0.2) is 13.8 Å². The van der Waals surface area contributed by atoms with Crippen molar-refractivity contribution in [3.8, 4) is 5.88 Å². The van der Waals surface area contributed by atoms with Gasteiger partial charge in [-0.2, -0.15) is 8.78 Å². The molecule has 27 heavy (non-hydrogen) atoms. The highest BCUT2D eigenvalue weighted by atomic mass is 35.5. The molecule has 1 amide bonds. The van der Waals surface area contributed by atoms with E-state index in [-0.39, 0.29) is 23.9 Å². The van der Waals surface area contributed by atoms with Crippen LogP contribution in [0.5, 0.6) is 5.88 Å². The molecule has 2 aromatic rings. The van der Waals surface area contributed by atoms with Gasteiger partial charge in [0.15, 0.2) is 6.61 Å². The normalized spacial score (nSPS) is 11.0. The highest BCUT2D eigenvalue weighted by Crippen LogP contribution is 2.23. The number of rotatable bonds is 8. The zero-order valence-corrected chi connectivity index (χ0v) is 14.8. The number of amides is 1. The molecule has 148 valence electrons. The number of anilines is 1. The van der Waals surface area contributed by atoms with Crippen LogP contribution in [0.1, 0.15) is 15.9 Å². The van der Waals surface area contributed by atoms with E-state index in [2.05, 4.69) is 15.0 Å². The number of carbonyl (C=O) groups is 1. The molecule has 0 fully saturated rings. The van der Waals surface area contributed by atoms with Gasteiger partial charge in [0.05, 0.1) is 5.56 Å². The molecule has 10 heteroatoms. The summed E-state index contributed by atoms with van der Waals surface area (Å²) in [4.78, 5) is 15.6. The summed E-state index contributed by atoms with van der Waals surface area (Å²) in [6, 6.07) is 9.70. The lowest BCUT2D eigenvalue weighted by Crippen LogP contribution is -2.33. The first-order chi connectivity index (χ1) is 12.3. The second-order valence-corrected chi connectivity index (χ2v) is 5.48. The summed E-state index contributed by atoms with van der Waals surface area (Å²) in [5.41, 5.74) is 7.43. The van der Waals surface area contributed by atoms with Gasteiger partial charge in [0.2, 0.25) is 5.88 Å². The third kappa shape index (κ3) is 6.93. The molecule has 1 aromatic carbocycles. The molecule has 3 N–H and O–H groups in total. The molecule has 1 aromatic heterocycles. The molecule has 0 unspecified atom stereocenters. The maximum absolute atomic E-state index is 12.8. The van der Waals surface area contributed by atoms with Crippen LogP contribution in [0.3, 0.4) is 0 Å². The molecule has 0 aliphatic heterocycles. The number of hydrogen-bond donors (Lipinski definition) is 2. The van der Waals surface area contributed by atoms with Crippen LogP contribution in [0.15, 0.2) is 42.6 Å². The van der Waals surface area contributed by atoms with E-state index in [1.165, 1.54) is 6.07 Å². The maximum Gasteiger partial charge on any atom is 0.340 e. The van der Waals surface area contributed by atoms with Crippen LogP contribution in [0.4, 0.5) is 23.2 Å². The first-order valence-corrected chi connectivity index (χ1v) is 7.65. The molecule has 2 rings (SSSR count). The SMILES string of the molecule is Cl.Nc1ccc(CCNC(=O)c2ccc(OCC(F)(F)C(F)F)nc2)cc1. The highest BCUT2D eigenvalue weighted by molar-refractivity contribution is 5.93. The largest absolute Gasteiger partial charge is 0.471 e. The number of aromatic nitrogens is 1. The molecule has 0 aliphatic rings. The Balaban J connectivity index is 0.00000364. The van der Waals surface area contributed by atoms with Crippen molar-refractivity contribution in [3.63, 3.8) is 0 Å². The van der Waals surface area contributed by atoms with Gasteiger partial charge in [-0.15, -0.1) is 12.4 Å². The van der Waals surface area contributed by atoms with Crippen molar-refractivity contribution in [2.24, 2.45) is 0 Å². The number of halogens is 5. The molecule has 1 heterocycles. The van der Waals surface area contributed by atoms with Crippen LogP contribution in [-0.4, -0.2) is 36.4 Å². The number of nitrogen functional groups attached to an aromatic ring is 1. The van der Waals surface area contributed by atoms with Gasteiger partial charge in [0.1, 0.15) is 0 Å². The minimum Gasteiger partial charge on any atom is -0.471 e. The summed E-state index contributed by atoms with van der Waals surface area (Å²) >= 11 is 0. The molecule has 0 aliphatic carbocycles. The minimum atomic E-state index is -4.26. The quantitative estimate of drug-likeness (QED) is 0.520. The van der Waals surface area contributed by atoms with Crippen molar-refractivity contribution >= 4 is 24.0 Å². The number of nitrogens with two attached hydrogens (primary N) is 1. The van der Waals surface area contributed by atoms with Crippen LogP contribution in [0.2, 0.25) is 0 Å². The number of pyridine rings is 1. The Morgan fingerprint density at radius 2 is 1.85 bits per heavy atom. The van der Waals surface area contributed by atoms with Crippen LogP contribution in [0.25, 0.3) is 0 Å². The van der Waals surface area contributed by atoms with Crippen LogP contribution in [0, 0.1) is 0 Å². The van der Waals surface area contributed by atoms with E-state index >= 15 is 0 Å². The zero-order valence-electron chi connectivity index (χ0n) is 14.0. The van der Waals surface area contributed by atoms with Gasteiger partial charge in [0.25, 0.3) is 5.91 Å². The molecular weight excluding hydrogens is 390 g/mol. The van der Waals surface area contributed by atoms with E-state index in [1.54, 1.807) is 12.1 Å². The van der Waals surface area contributed by atoms with Gasteiger partial charge >= 0.3 is 12.3 Å². The van der Waals surface area contributed by atoms with Crippen molar-refractivity contribution in [2.45, 2.75) is 18.8 Å². The van der Waals surface area contributed by atoms with Gasteiger partial charge in [0, 0.05) is 24.5 Å². The number of ether oxygens (including phenoxy) is 1. The molecule has 5 nitrogen and oxygen atoms in total. The fourth-order valence-corrected chi connectivity index (χ4v) is 1.94. The Labute approximate surface area is 159 Å². The van der Waals surface area contributed by atoms with Gasteiger partial charge in [-0.3, -0.25) is 4.79 Å². The van der Waals surface area contributed by atoms with Crippen molar-refractivity contribution in [3.05, 3.63) is 53.7 Å². The number of nitrogens with one attached hydrogen (secondary N) is 1. The fraction of sp³-hybridized carbons (Fsp3) is 0.294. The third-order valence-corrected chi connectivity index (χ3v) is 3.41. The molecule has 0 saturated heterocycles. The van der Waals surface area contributed by atoms with Crippen molar-refractivity contribution in [2.75, 3.05) is 18.9 Å². The second-order valence-electron chi connectivity index (χ2n) is 5.48. The topological polar surface area (TPSA) is 77.2 Å². The number of benzene rings is 1. The second kappa shape index (κ2) is 9.96. The Morgan fingerprint density at radius 1 is 1.19 bits per heavy atom. The monoisotopic (exact) mass is 407 g/mol. The van der Waals surface area contributed by atoms with Crippen molar-refractivity contribution < 1.29 is 27.1 Å². The number of alkyl halides is 4. The summed E-state index contributed by atoms with van der Waals surface area (Å²) in [5.74, 6) is -4.94. The summed E-state index contributed by atoms with van der Waals surface area (Å²) in [7, 11) is 0. The molecule has 0 spiro atoms. The van der Waals surface area contributed by atoms with E-state index in [0.29, 0.717) is 18.7 Å². The van der Waals surface area contributed by atoms with Gasteiger partial charge in [-0.1, -0.05) is 12.1 Å². The number of nitrogens with zero attached hydrogens (tertiary/aromatic N) is 1. The van der Waals surface area contributed by atoms with Crippen LogP contribution in [-0.2, 0) is 6.42 Å². The number of carbonyl (C=O) groups excluding carboxylic acids is 1. The lowest BCUT2D eigenvalue weighted by Gasteiger charge is -2.15. The number of hydrogen-bond acceptors (Lipinski definition) is 4. The van der Waals surface area contributed by atoms with E-state index in [4.69, 9.17) is 5.73 Å². The van der Waals surface area contributed by atoms with Crippen molar-refractivity contribution in [1.82, 2.24) is 10.3 Å². The first kappa shape index (κ1) is 22.5. The molecular formula is C17H18ClF4N3O2. The van der Waals surface area contributed by atoms with E-state index in [0.717, 1.165) is 17.8 Å². The summed E-state index contributed by atoms with van der Waals surface area (Å²) in [6.07, 6.45) is -2.11. The predicted octanol–water partition coefficient (Wildman–Crippen LogP) is 3.34.